The molecule has 0 spiro atoms. The monoisotopic (exact) mass is 530 g/mol. The lowest BCUT2D eigenvalue weighted by Gasteiger charge is -2.17. The van der Waals surface area contributed by atoms with Crippen molar-refractivity contribution in [1.29, 1.82) is 0 Å². The van der Waals surface area contributed by atoms with Crippen molar-refractivity contribution in [3.8, 4) is 17.3 Å². The Labute approximate surface area is 213 Å². The van der Waals surface area contributed by atoms with Gasteiger partial charge in [0, 0.05) is 23.2 Å². The smallest absolute Gasteiger partial charge is 0.356 e. The predicted molar refractivity (Wildman–Crippen MR) is 133 cm³/mol. The molecule has 4 rings (SSSR count). The number of aromatic carboxylic acids is 1. The third kappa shape index (κ3) is 5.81. The third-order valence-corrected chi connectivity index (χ3v) is 7.56. The van der Waals surface area contributed by atoms with Crippen molar-refractivity contribution in [3.05, 3.63) is 59.5 Å². The first kappa shape index (κ1) is 26.3. The number of amides is 1. The molecule has 3 aromatic rings. The van der Waals surface area contributed by atoms with E-state index in [1.165, 1.54) is 43.3 Å². The lowest BCUT2D eigenvalue weighted by Crippen LogP contribution is -2.32. The van der Waals surface area contributed by atoms with Crippen molar-refractivity contribution in [2.45, 2.75) is 51.0 Å². The summed E-state index contributed by atoms with van der Waals surface area (Å²) >= 11 is 0. The minimum Gasteiger partial charge on any atom is -0.476 e. The van der Waals surface area contributed by atoms with Crippen LogP contribution in [-0.4, -0.2) is 41.2 Å². The fraction of sp³-hybridized carbons (Fsp3) is 0.320. The summed E-state index contributed by atoms with van der Waals surface area (Å²) in [7, 11) is -4.12. The summed E-state index contributed by atoms with van der Waals surface area (Å²) in [5.41, 5.74) is 0.229. The van der Waals surface area contributed by atoms with Crippen LogP contribution in [0.3, 0.4) is 0 Å². The second kappa shape index (κ2) is 10.3. The van der Waals surface area contributed by atoms with Crippen LogP contribution in [0.4, 0.5) is 10.1 Å². The Morgan fingerprint density at radius 3 is 2.59 bits per heavy atom. The van der Waals surface area contributed by atoms with Gasteiger partial charge in [-0.15, -0.1) is 0 Å². The van der Waals surface area contributed by atoms with Crippen LogP contribution in [0.5, 0.6) is 11.6 Å². The van der Waals surface area contributed by atoms with Gasteiger partial charge in [-0.1, -0.05) is 13.0 Å². The number of rotatable bonds is 10. The Balaban J connectivity index is 1.82. The Morgan fingerprint density at radius 1 is 1.24 bits per heavy atom. The van der Waals surface area contributed by atoms with Crippen LogP contribution in [0, 0.1) is 18.7 Å². The topological polar surface area (TPSA) is 140 Å². The summed E-state index contributed by atoms with van der Waals surface area (Å²) in [5, 5.41) is 16.4. The first-order valence-electron chi connectivity index (χ1n) is 11.7. The summed E-state index contributed by atoms with van der Waals surface area (Å²) in [6, 6.07) is 9.06. The van der Waals surface area contributed by atoms with Crippen LogP contribution in [-0.2, 0) is 14.8 Å². The molecule has 1 saturated carbocycles. The highest BCUT2D eigenvalue weighted by Gasteiger charge is 2.31. The van der Waals surface area contributed by atoms with E-state index in [-0.39, 0.29) is 57.0 Å². The van der Waals surface area contributed by atoms with E-state index < -0.39 is 21.8 Å². The number of ether oxygens (including phenoxy) is 1. The number of carbonyl (C=O) groups is 2. The number of carboxylic acids is 1. The largest absolute Gasteiger partial charge is 0.476 e. The van der Waals surface area contributed by atoms with Gasteiger partial charge in [-0.25, -0.2) is 22.3 Å². The zero-order valence-electron chi connectivity index (χ0n) is 20.5. The first-order valence-corrected chi connectivity index (χ1v) is 13.2. The van der Waals surface area contributed by atoms with E-state index in [1.807, 2.05) is 6.92 Å². The number of hydrogen-bond donors (Lipinski definition) is 3. The molecular weight excluding hydrogens is 503 g/mol. The number of aromatic nitrogens is 2. The van der Waals surface area contributed by atoms with Gasteiger partial charge >= 0.3 is 5.97 Å². The van der Waals surface area contributed by atoms with Crippen molar-refractivity contribution in [2.75, 3.05) is 5.32 Å². The summed E-state index contributed by atoms with van der Waals surface area (Å²) < 4.78 is 50.3. The lowest BCUT2D eigenvalue weighted by atomic mass is 10.2. The maximum absolute atomic E-state index is 13.9. The molecule has 0 radical (unpaired) electrons. The van der Waals surface area contributed by atoms with E-state index in [9.17, 15) is 27.5 Å². The summed E-state index contributed by atoms with van der Waals surface area (Å²) in [6.45, 7) is 4.99. The second-order valence-corrected chi connectivity index (χ2v) is 10.6. The highest BCUT2D eigenvalue weighted by atomic mass is 32.2. The van der Waals surface area contributed by atoms with Crippen LogP contribution in [0.15, 0.2) is 47.4 Å². The van der Waals surface area contributed by atoms with Gasteiger partial charge < -0.3 is 15.2 Å². The third-order valence-electron chi connectivity index (χ3n) is 5.95. The molecular formula is C25H27FN4O6S. The molecule has 2 aromatic carbocycles. The van der Waals surface area contributed by atoms with E-state index >= 15 is 0 Å². The average Bonchev–Trinajstić information content (AvgIpc) is 3.64. The molecule has 12 heteroatoms. The standard InChI is InChI=1S/C25H27FN4O6S/c1-4-14(2)29-37(34,35)21-13-18(27-23(31)16-8-9-16)10-11-20(21)36-24-15(3)22(25(32)33)28-30(24)19-7-5-6-17(26)12-19/h5-7,10-14,16,29H,4,8-9H2,1-3H3,(H,27,31)(H,32,33)/t14-/m1/s1. The van der Waals surface area contributed by atoms with Crippen molar-refractivity contribution in [3.63, 3.8) is 0 Å². The number of hydrogen-bond acceptors (Lipinski definition) is 6. The number of carboxylic acid groups (broad SMARTS) is 1. The number of benzene rings is 2. The molecule has 1 aromatic heterocycles. The molecule has 1 fully saturated rings. The maximum Gasteiger partial charge on any atom is 0.356 e. The molecule has 37 heavy (non-hydrogen) atoms. The van der Waals surface area contributed by atoms with Gasteiger partial charge in [0.25, 0.3) is 0 Å². The van der Waals surface area contributed by atoms with Gasteiger partial charge in [0.1, 0.15) is 16.5 Å². The minimum absolute atomic E-state index is 0.0908. The van der Waals surface area contributed by atoms with E-state index in [1.54, 1.807) is 6.92 Å². The second-order valence-electron chi connectivity index (χ2n) is 8.93. The number of sulfonamides is 1. The summed E-state index contributed by atoms with van der Waals surface area (Å²) in [6.07, 6.45) is 2.09. The summed E-state index contributed by atoms with van der Waals surface area (Å²) in [4.78, 5) is 23.8. The van der Waals surface area contributed by atoms with E-state index in [0.717, 1.165) is 23.6 Å². The molecule has 196 valence electrons. The molecule has 1 amide bonds. The number of halogens is 1. The van der Waals surface area contributed by atoms with Crippen LogP contribution in [0.1, 0.15) is 49.2 Å². The molecule has 0 bridgehead atoms. The molecule has 3 N–H and O–H groups in total. The Bertz CT molecular complexity index is 1470. The Hall–Kier alpha value is -3.77. The molecule has 0 unspecified atom stereocenters. The normalized spacial score (nSPS) is 14.3. The molecule has 1 aliphatic carbocycles. The van der Waals surface area contributed by atoms with E-state index in [0.29, 0.717) is 6.42 Å². The highest BCUT2D eigenvalue weighted by molar-refractivity contribution is 7.89. The average molecular weight is 531 g/mol. The van der Waals surface area contributed by atoms with Crippen molar-refractivity contribution >= 4 is 27.6 Å². The molecule has 1 heterocycles. The molecule has 1 aliphatic rings. The fourth-order valence-corrected chi connectivity index (χ4v) is 5.05. The predicted octanol–water partition coefficient (Wildman–Crippen LogP) is 4.24. The van der Waals surface area contributed by atoms with Gasteiger partial charge in [-0.05, 0) is 69.5 Å². The van der Waals surface area contributed by atoms with Gasteiger partial charge in [0.05, 0.1) is 5.69 Å². The highest BCUT2D eigenvalue weighted by Crippen LogP contribution is 2.36. The quantitative estimate of drug-likeness (QED) is 0.356. The van der Waals surface area contributed by atoms with Crippen LogP contribution < -0.4 is 14.8 Å². The van der Waals surface area contributed by atoms with E-state index in [4.69, 9.17) is 4.74 Å². The van der Waals surface area contributed by atoms with Gasteiger partial charge in [0.2, 0.25) is 21.8 Å². The zero-order valence-corrected chi connectivity index (χ0v) is 21.3. The molecule has 1 atom stereocenters. The summed E-state index contributed by atoms with van der Waals surface area (Å²) in [5.74, 6) is -2.42. The SMILES string of the molecule is CC[C@@H](C)NS(=O)(=O)c1cc(NC(=O)C2CC2)ccc1Oc1c(C)c(C(=O)O)nn1-c1cccc(F)c1. The fourth-order valence-electron chi connectivity index (χ4n) is 3.57. The maximum atomic E-state index is 13.9. The number of carbonyl (C=O) groups excluding carboxylic acids is 1. The molecule has 10 nitrogen and oxygen atoms in total. The van der Waals surface area contributed by atoms with Crippen molar-refractivity contribution in [2.24, 2.45) is 5.92 Å². The number of nitrogens with zero attached hydrogens (tertiary/aromatic N) is 2. The van der Waals surface area contributed by atoms with Gasteiger partial charge in [0.15, 0.2) is 5.69 Å². The minimum atomic E-state index is -4.12. The number of anilines is 1. The number of nitrogens with one attached hydrogen (secondary N) is 2. The molecule has 0 aliphatic heterocycles. The van der Waals surface area contributed by atoms with Crippen LogP contribution in [0.25, 0.3) is 5.69 Å². The van der Waals surface area contributed by atoms with Crippen molar-refractivity contribution in [1.82, 2.24) is 14.5 Å². The lowest BCUT2D eigenvalue weighted by molar-refractivity contribution is -0.117. The first-order chi connectivity index (χ1) is 17.5. The van der Waals surface area contributed by atoms with Crippen LogP contribution >= 0.6 is 0 Å². The molecule has 0 saturated heterocycles. The van der Waals surface area contributed by atoms with Gasteiger partial charge in [-0.2, -0.15) is 9.78 Å². The Morgan fingerprint density at radius 2 is 1.97 bits per heavy atom. The van der Waals surface area contributed by atoms with Crippen LogP contribution in [0.2, 0.25) is 0 Å². The van der Waals surface area contributed by atoms with E-state index in [2.05, 4.69) is 15.1 Å². The zero-order chi connectivity index (χ0) is 26.9. The Kier molecular flexibility index (Phi) is 7.32. The van der Waals surface area contributed by atoms with Crippen molar-refractivity contribution < 1.29 is 32.2 Å². The van der Waals surface area contributed by atoms with Gasteiger partial charge in [-0.3, -0.25) is 4.79 Å².